The number of nitro benzene ring substituents is 1. The Morgan fingerprint density at radius 3 is 2.25 bits per heavy atom. The number of aromatic nitrogens is 1. The SMILES string of the molecule is O=[N+]([O-])c1cc(/C(=C/c2ccccc2)c2ccccc2)c2c(ccc[n+]2[O-])c1. The van der Waals surface area contributed by atoms with Crippen LogP contribution >= 0.6 is 0 Å². The van der Waals surface area contributed by atoms with E-state index in [1.54, 1.807) is 12.1 Å². The molecule has 0 aliphatic carbocycles. The summed E-state index contributed by atoms with van der Waals surface area (Å²) in [6.45, 7) is 0. The molecule has 0 aliphatic heterocycles. The minimum atomic E-state index is -0.434. The summed E-state index contributed by atoms with van der Waals surface area (Å²) in [5.74, 6) is 0. The van der Waals surface area contributed by atoms with Gasteiger partial charge < -0.3 is 5.21 Å². The third-order valence-electron chi connectivity index (χ3n) is 4.54. The van der Waals surface area contributed by atoms with Crippen molar-refractivity contribution in [2.75, 3.05) is 0 Å². The van der Waals surface area contributed by atoms with E-state index in [1.807, 2.05) is 66.7 Å². The van der Waals surface area contributed by atoms with Crippen molar-refractivity contribution in [3.05, 3.63) is 123 Å². The van der Waals surface area contributed by atoms with E-state index in [0.717, 1.165) is 21.4 Å². The molecule has 0 unspecified atom stereocenters. The lowest BCUT2D eigenvalue weighted by Gasteiger charge is -2.12. The highest BCUT2D eigenvalue weighted by Crippen LogP contribution is 2.33. The van der Waals surface area contributed by atoms with Crippen molar-refractivity contribution in [2.24, 2.45) is 0 Å². The Labute approximate surface area is 161 Å². The largest absolute Gasteiger partial charge is 0.618 e. The van der Waals surface area contributed by atoms with E-state index < -0.39 is 4.92 Å². The van der Waals surface area contributed by atoms with Crippen LogP contribution in [0.4, 0.5) is 5.69 Å². The molecule has 3 aromatic carbocycles. The molecule has 0 spiro atoms. The number of nitro groups is 1. The zero-order valence-electron chi connectivity index (χ0n) is 14.9. The first-order valence-electron chi connectivity index (χ1n) is 8.76. The van der Waals surface area contributed by atoms with Crippen LogP contribution < -0.4 is 4.73 Å². The van der Waals surface area contributed by atoms with Gasteiger partial charge in [-0.1, -0.05) is 60.7 Å². The lowest BCUT2D eigenvalue weighted by atomic mass is 9.93. The second-order valence-electron chi connectivity index (χ2n) is 6.36. The van der Waals surface area contributed by atoms with Crippen LogP contribution in [0.1, 0.15) is 16.7 Å². The van der Waals surface area contributed by atoms with Gasteiger partial charge in [0, 0.05) is 18.2 Å². The van der Waals surface area contributed by atoms with Gasteiger partial charge in [0.15, 0.2) is 6.20 Å². The van der Waals surface area contributed by atoms with Crippen LogP contribution in [-0.2, 0) is 0 Å². The summed E-state index contributed by atoms with van der Waals surface area (Å²) in [7, 11) is 0. The highest BCUT2D eigenvalue weighted by molar-refractivity contribution is 6.00. The van der Waals surface area contributed by atoms with Crippen molar-refractivity contribution in [3.8, 4) is 0 Å². The van der Waals surface area contributed by atoms with E-state index >= 15 is 0 Å². The molecule has 5 heteroatoms. The molecule has 1 aromatic heterocycles. The molecule has 28 heavy (non-hydrogen) atoms. The van der Waals surface area contributed by atoms with E-state index in [0.29, 0.717) is 16.5 Å². The molecule has 0 bridgehead atoms. The summed E-state index contributed by atoms with van der Waals surface area (Å²) >= 11 is 0. The second-order valence-corrected chi connectivity index (χ2v) is 6.36. The molecule has 0 saturated carbocycles. The summed E-state index contributed by atoms with van der Waals surface area (Å²) in [4.78, 5) is 11.1. The number of hydrogen-bond donors (Lipinski definition) is 0. The van der Waals surface area contributed by atoms with Crippen LogP contribution in [0.2, 0.25) is 0 Å². The van der Waals surface area contributed by atoms with Gasteiger partial charge >= 0.3 is 0 Å². The maximum atomic E-state index is 12.6. The first-order valence-corrected chi connectivity index (χ1v) is 8.76. The summed E-state index contributed by atoms with van der Waals surface area (Å²) in [5, 5.41) is 24.6. The molecule has 136 valence electrons. The minimum absolute atomic E-state index is 0.0522. The average molecular weight is 368 g/mol. The van der Waals surface area contributed by atoms with Gasteiger partial charge in [0.25, 0.3) is 5.69 Å². The maximum Gasteiger partial charge on any atom is 0.271 e. The fourth-order valence-electron chi connectivity index (χ4n) is 3.27. The van der Waals surface area contributed by atoms with Crippen LogP contribution in [0.5, 0.6) is 0 Å². The fourth-order valence-corrected chi connectivity index (χ4v) is 3.27. The van der Waals surface area contributed by atoms with Crippen LogP contribution in [0.15, 0.2) is 91.1 Å². The van der Waals surface area contributed by atoms with Crippen molar-refractivity contribution in [1.82, 2.24) is 0 Å². The number of benzene rings is 3. The van der Waals surface area contributed by atoms with E-state index in [1.165, 1.54) is 18.3 Å². The topological polar surface area (TPSA) is 70.1 Å². The number of nitrogens with zero attached hydrogens (tertiary/aromatic N) is 2. The first kappa shape index (κ1) is 17.4. The Hall–Kier alpha value is -3.99. The molecule has 0 radical (unpaired) electrons. The Kier molecular flexibility index (Phi) is 4.56. The average Bonchev–Trinajstić information content (AvgIpc) is 2.73. The maximum absolute atomic E-state index is 12.6. The molecular weight excluding hydrogens is 352 g/mol. The summed E-state index contributed by atoms with van der Waals surface area (Å²) < 4.78 is 0.760. The van der Waals surface area contributed by atoms with Gasteiger partial charge in [0.05, 0.1) is 15.9 Å². The fraction of sp³-hybridized carbons (Fsp3) is 0. The van der Waals surface area contributed by atoms with Gasteiger partial charge in [-0.2, -0.15) is 4.73 Å². The standard InChI is InChI=1S/C23H16N2O3/c26-24-13-7-12-19-15-20(25(27)28)16-22(23(19)24)21(18-10-5-2-6-11-18)14-17-8-3-1-4-9-17/h1-16H/b21-14+. The summed E-state index contributed by atoms with van der Waals surface area (Å²) in [6.07, 6.45) is 3.35. The number of pyridine rings is 1. The zero-order chi connectivity index (χ0) is 19.5. The second kappa shape index (κ2) is 7.32. The highest BCUT2D eigenvalue weighted by Gasteiger charge is 2.21. The zero-order valence-corrected chi connectivity index (χ0v) is 14.9. The quantitative estimate of drug-likeness (QED) is 0.168. The predicted octanol–water partition coefficient (Wildman–Crippen LogP) is 4.97. The van der Waals surface area contributed by atoms with Crippen molar-refractivity contribution in [2.45, 2.75) is 0 Å². The molecule has 0 amide bonds. The molecule has 0 atom stereocenters. The first-order chi connectivity index (χ1) is 13.6. The predicted molar refractivity (Wildman–Crippen MR) is 109 cm³/mol. The molecule has 5 nitrogen and oxygen atoms in total. The number of fused-ring (bicyclic) bond motifs is 1. The van der Waals surface area contributed by atoms with E-state index in [-0.39, 0.29) is 5.69 Å². The summed E-state index contributed by atoms with van der Waals surface area (Å²) in [5.41, 5.74) is 3.43. The van der Waals surface area contributed by atoms with Crippen LogP contribution in [0.25, 0.3) is 22.6 Å². The van der Waals surface area contributed by atoms with Gasteiger partial charge in [-0.25, -0.2) is 0 Å². The Morgan fingerprint density at radius 2 is 1.57 bits per heavy atom. The highest BCUT2D eigenvalue weighted by atomic mass is 16.6. The van der Waals surface area contributed by atoms with E-state index in [4.69, 9.17) is 0 Å². The monoisotopic (exact) mass is 368 g/mol. The van der Waals surface area contributed by atoms with Crippen molar-refractivity contribution >= 4 is 28.2 Å². The Bertz CT molecular complexity index is 1190. The third-order valence-corrected chi connectivity index (χ3v) is 4.54. The normalized spacial score (nSPS) is 11.5. The van der Waals surface area contributed by atoms with Crippen LogP contribution in [-0.4, -0.2) is 4.92 Å². The lowest BCUT2D eigenvalue weighted by molar-refractivity contribution is -0.577. The molecule has 0 aliphatic rings. The molecule has 0 fully saturated rings. The van der Waals surface area contributed by atoms with Crippen molar-refractivity contribution < 1.29 is 9.65 Å². The third kappa shape index (κ3) is 3.33. The van der Waals surface area contributed by atoms with Crippen LogP contribution in [0.3, 0.4) is 0 Å². The van der Waals surface area contributed by atoms with E-state index in [9.17, 15) is 15.3 Å². The molecule has 0 N–H and O–H groups in total. The molecule has 0 saturated heterocycles. The van der Waals surface area contributed by atoms with E-state index in [2.05, 4.69) is 0 Å². The minimum Gasteiger partial charge on any atom is -0.618 e. The van der Waals surface area contributed by atoms with Crippen LogP contribution in [0, 0.1) is 15.3 Å². The number of non-ortho nitro benzene ring substituents is 1. The van der Waals surface area contributed by atoms with Gasteiger partial charge in [-0.3, -0.25) is 10.1 Å². The lowest BCUT2D eigenvalue weighted by Crippen LogP contribution is -2.27. The Balaban J connectivity index is 2.08. The molecule has 1 heterocycles. The van der Waals surface area contributed by atoms with Gasteiger partial charge in [-0.15, -0.1) is 0 Å². The van der Waals surface area contributed by atoms with Gasteiger partial charge in [0.1, 0.15) is 0 Å². The van der Waals surface area contributed by atoms with Crippen molar-refractivity contribution in [1.29, 1.82) is 0 Å². The smallest absolute Gasteiger partial charge is 0.271 e. The molecule has 4 aromatic rings. The Morgan fingerprint density at radius 1 is 0.893 bits per heavy atom. The summed E-state index contributed by atoms with van der Waals surface area (Å²) in [6, 6.07) is 25.4. The number of rotatable bonds is 4. The molecular formula is C23H16N2O3. The van der Waals surface area contributed by atoms with Crippen molar-refractivity contribution in [3.63, 3.8) is 0 Å². The van der Waals surface area contributed by atoms with Gasteiger partial charge in [0.2, 0.25) is 5.52 Å². The number of hydrogen-bond acceptors (Lipinski definition) is 3. The van der Waals surface area contributed by atoms with Gasteiger partial charge in [-0.05, 0) is 28.8 Å². The molecule has 4 rings (SSSR count).